The van der Waals surface area contributed by atoms with E-state index in [0.29, 0.717) is 49.8 Å². The van der Waals surface area contributed by atoms with E-state index in [1.165, 1.54) is 0 Å². The first-order chi connectivity index (χ1) is 14.0. The lowest BCUT2D eigenvalue weighted by Crippen LogP contribution is -2.50. The van der Waals surface area contributed by atoms with E-state index in [9.17, 15) is 9.59 Å². The van der Waals surface area contributed by atoms with Gasteiger partial charge in [0.05, 0.1) is 22.9 Å². The summed E-state index contributed by atoms with van der Waals surface area (Å²) >= 11 is 6.13. The summed E-state index contributed by atoms with van der Waals surface area (Å²) in [6.07, 6.45) is 1.26. The molecule has 0 aromatic heterocycles. The number of rotatable bonds is 2. The number of fused-ring (bicyclic) bond motifs is 1. The summed E-state index contributed by atoms with van der Waals surface area (Å²) in [4.78, 5) is 29.3. The monoisotopic (exact) mass is 413 g/mol. The van der Waals surface area contributed by atoms with Crippen molar-refractivity contribution in [2.45, 2.75) is 19.8 Å². The molecule has 1 N–H and O–H groups in total. The van der Waals surface area contributed by atoms with Crippen LogP contribution >= 0.6 is 11.6 Å². The largest absolute Gasteiger partial charge is 0.490 e. The van der Waals surface area contributed by atoms with Crippen LogP contribution in [0.1, 0.15) is 18.4 Å². The number of nitrogens with one attached hydrogen (secondary N) is 1. The molecule has 6 nitrogen and oxygen atoms in total. The molecular weight excluding hydrogens is 390 g/mol. The van der Waals surface area contributed by atoms with Crippen molar-refractivity contribution in [3.8, 4) is 5.75 Å². The first-order valence-corrected chi connectivity index (χ1v) is 10.3. The van der Waals surface area contributed by atoms with Crippen LogP contribution in [-0.4, -0.2) is 43.1 Å². The molecule has 0 radical (unpaired) electrons. The summed E-state index contributed by atoms with van der Waals surface area (Å²) in [5.74, 6) is 0.566. The second kappa shape index (κ2) is 8.33. The third kappa shape index (κ3) is 4.17. The number of piperidine rings is 1. The van der Waals surface area contributed by atoms with Gasteiger partial charge in [0.15, 0.2) is 0 Å². The van der Waals surface area contributed by atoms with E-state index in [4.69, 9.17) is 16.3 Å². The molecule has 1 saturated heterocycles. The Balaban J connectivity index is 1.38. The SMILES string of the molecule is Cc1ccc2c(c1)N(C(=O)N1CCC(C(=O)Nc3ccccc3Cl)CC1)CCO2. The topological polar surface area (TPSA) is 61.9 Å². The molecule has 2 aliphatic heterocycles. The molecule has 0 spiro atoms. The van der Waals surface area contributed by atoms with Gasteiger partial charge in [-0.25, -0.2) is 4.79 Å². The Morgan fingerprint density at radius 3 is 2.62 bits per heavy atom. The Labute approximate surface area is 175 Å². The number of halogens is 1. The maximum absolute atomic E-state index is 13.1. The van der Waals surface area contributed by atoms with Crippen molar-refractivity contribution in [2.75, 3.05) is 36.5 Å². The summed E-state index contributed by atoms with van der Waals surface area (Å²) in [5.41, 5.74) is 2.53. The number of anilines is 2. The second-order valence-corrected chi connectivity index (χ2v) is 7.89. The van der Waals surface area contributed by atoms with Crippen molar-refractivity contribution in [1.82, 2.24) is 4.90 Å². The number of carbonyl (C=O) groups is 2. The first-order valence-electron chi connectivity index (χ1n) is 9.88. The molecule has 29 heavy (non-hydrogen) atoms. The molecule has 0 atom stereocenters. The van der Waals surface area contributed by atoms with Crippen LogP contribution in [0.25, 0.3) is 0 Å². The molecule has 7 heteroatoms. The minimum absolute atomic E-state index is 0.0230. The number of nitrogens with zero attached hydrogens (tertiary/aromatic N) is 2. The number of ether oxygens (including phenoxy) is 1. The zero-order valence-corrected chi connectivity index (χ0v) is 17.1. The highest BCUT2D eigenvalue weighted by atomic mass is 35.5. The van der Waals surface area contributed by atoms with Gasteiger partial charge in [0.25, 0.3) is 0 Å². The Kier molecular flexibility index (Phi) is 5.62. The van der Waals surface area contributed by atoms with E-state index >= 15 is 0 Å². The molecule has 1 fully saturated rings. The van der Waals surface area contributed by atoms with Crippen LogP contribution in [0.4, 0.5) is 16.2 Å². The van der Waals surface area contributed by atoms with Crippen LogP contribution in [0.5, 0.6) is 5.75 Å². The number of likely N-dealkylation sites (tertiary alicyclic amines) is 1. The molecule has 2 heterocycles. The Hall–Kier alpha value is -2.73. The average molecular weight is 414 g/mol. The quantitative estimate of drug-likeness (QED) is 0.797. The zero-order valence-electron chi connectivity index (χ0n) is 16.4. The Morgan fingerprint density at radius 1 is 1.10 bits per heavy atom. The molecule has 0 saturated carbocycles. The van der Waals surface area contributed by atoms with Crippen molar-refractivity contribution >= 4 is 34.9 Å². The van der Waals surface area contributed by atoms with Crippen LogP contribution in [-0.2, 0) is 4.79 Å². The normalized spacial score (nSPS) is 16.8. The van der Waals surface area contributed by atoms with Crippen molar-refractivity contribution in [1.29, 1.82) is 0 Å². The van der Waals surface area contributed by atoms with E-state index in [2.05, 4.69) is 5.32 Å². The Morgan fingerprint density at radius 2 is 1.86 bits per heavy atom. The molecule has 0 unspecified atom stereocenters. The lowest BCUT2D eigenvalue weighted by molar-refractivity contribution is -0.121. The fourth-order valence-electron chi connectivity index (χ4n) is 3.83. The van der Waals surface area contributed by atoms with Gasteiger partial charge in [0.2, 0.25) is 5.91 Å². The average Bonchev–Trinajstić information content (AvgIpc) is 2.74. The third-order valence-electron chi connectivity index (χ3n) is 5.48. The zero-order chi connectivity index (χ0) is 20.4. The summed E-state index contributed by atoms with van der Waals surface area (Å²) in [6.45, 7) is 4.12. The maximum atomic E-state index is 13.1. The number of para-hydroxylation sites is 1. The fraction of sp³-hybridized carbons (Fsp3) is 0.364. The van der Waals surface area contributed by atoms with Crippen LogP contribution < -0.4 is 15.0 Å². The molecule has 0 bridgehead atoms. The van der Waals surface area contributed by atoms with Gasteiger partial charge in [-0.2, -0.15) is 0 Å². The number of aryl methyl sites for hydroxylation is 1. The first kappa shape index (κ1) is 19.6. The highest BCUT2D eigenvalue weighted by Crippen LogP contribution is 2.33. The molecule has 0 aliphatic carbocycles. The van der Waals surface area contributed by atoms with Crippen LogP contribution in [0.15, 0.2) is 42.5 Å². The van der Waals surface area contributed by atoms with Crippen molar-refractivity contribution in [3.63, 3.8) is 0 Å². The van der Waals surface area contributed by atoms with Gasteiger partial charge in [-0.15, -0.1) is 0 Å². The van der Waals surface area contributed by atoms with E-state index in [0.717, 1.165) is 17.0 Å². The lowest BCUT2D eigenvalue weighted by atomic mass is 9.96. The summed E-state index contributed by atoms with van der Waals surface area (Å²) in [5, 5.41) is 3.43. The molecule has 3 amide bonds. The van der Waals surface area contributed by atoms with Crippen LogP contribution in [0.2, 0.25) is 5.02 Å². The molecule has 152 valence electrons. The van der Waals surface area contributed by atoms with Crippen molar-refractivity contribution in [3.05, 3.63) is 53.1 Å². The van der Waals surface area contributed by atoms with E-state index in [1.54, 1.807) is 17.0 Å². The molecule has 2 aliphatic rings. The molecular formula is C22H24ClN3O3. The summed E-state index contributed by atoms with van der Waals surface area (Å²) in [7, 11) is 0. The minimum Gasteiger partial charge on any atom is -0.490 e. The fourth-order valence-corrected chi connectivity index (χ4v) is 4.01. The number of amides is 3. The predicted molar refractivity (Wildman–Crippen MR) is 114 cm³/mol. The number of urea groups is 1. The van der Waals surface area contributed by atoms with Crippen molar-refractivity contribution in [2.24, 2.45) is 5.92 Å². The highest BCUT2D eigenvalue weighted by Gasteiger charge is 2.32. The number of carbonyl (C=O) groups excluding carboxylic acids is 2. The number of benzene rings is 2. The van der Waals surface area contributed by atoms with E-state index in [1.807, 2.05) is 42.2 Å². The smallest absolute Gasteiger partial charge is 0.324 e. The second-order valence-electron chi connectivity index (χ2n) is 7.48. The predicted octanol–water partition coefficient (Wildman–Crippen LogP) is 4.32. The van der Waals surface area contributed by atoms with Crippen LogP contribution in [0, 0.1) is 12.8 Å². The van der Waals surface area contributed by atoms with Crippen LogP contribution in [0.3, 0.4) is 0 Å². The van der Waals surface area contributed by atoms with Gasteiger partial charge in [-0.1, -0.05) is 29.8 Å². The Bertz CT molecular complexity index is 925. The van der Waals surface area contributed by atoms with E-state index < -0.39 is 0 Å². The summed E-state index contributed by atoms with van der Waals surface area (Å²) in [6, 6.07) is 13.1. The third-order valence-corrected chi connectivity index (χ3v) is 5.81. The van der Waals surface area contributed by atoms with Gasteiger partial charge < -0.3 is 15.0 Å². The number of hydrogen-bond acceptors (Lipinski definition) is 3. The van der Waals surface area contributed by atoms with Gasteiger partial charge in [-0.3, -0.25) is 9.69 Å². The standard InChI is InChI=1S/C22H24ClN3O3/c1-15-6-7-20-19(14-15)26(12-13-29-20)22(28)25-10-8-16(9-11-25)21(27)24-18-5-3-2-4-17(18)23/h2-7,14,16H,8-13H2,1H3,(H,24,27). The van der Waals surface area contributed by atoms with Gasteiger partial charge in [-0.05, 0) is 49.6 Å². The maximum Gasteiger partial charge on any atom is 0.324 e. The number of hydrogen-bond donors (Lipinski definition) is 1. The molecule has 2 aromatic carbocycles. The van der Waals surface area contributed by atoms with Gasteiger partial charge >= 0.3 is 6.03 Å². The van der Waals surface area contributed by atoms with E-state index in [-0.39, 0.29) is 17.9 Å². The van der Waals surface area contributed by atoms with Gasteiger partial charge in [0.1, 0.15) is 12.4 Å². The van der Waals surface area contributed by atoms with Crippen molar-refractivity contribution < 1.29 is 14.3 Å². The molecule has 2 aromatic rings. The minimum atomic E-state index is -0.130. The summed E-state index contributed by atoms with van der Waals surface area (Å²) < 4.78 is 5.68. The molecule has 4 rings (SSSR count). The lowest BCUT2D eigenvalue weighted by Gasteiger charge is -2.37. The highest BCUT2D eigenvalue weighted by molar-refractivity contribution is 6.33. The van der Waals surface area contributed by atoms with Gasteiger partial charge in [0, 0.05) is 19.0 Å².